The van der Waals surface area contributed by atoms with Gasteiger partial charge < -0.3 is 0 Å². The summed E-state index contributed by atoms with van der Waals surface area (Å²) in [6.45, 7) is 4.39. The molecule has 2 bridgehead atoms. The Kier molecular flexibility index (Phi) is 2.20. The van der Waals surface area contributed by atoms with E-state index in [1.807, 2.05) is 0 Å². The van der Waals surface area contributed by atoms with Crippen LogP contribution in [-0.2, 0) is 4.79 Å². The van der Waals surface area contributed by atoms with Crippen molar-refractivity contribution >= 4 is 37.6 Å². The van der Waals surface area contributed by atoms with Gasteiger partial charge in [-0.1, -0.05) is 45.7 Å². The van der Waals surface area contributed by atoms with Crippen LogP contribution in [0.25, 0.3) is 0 Å². The van der Waals surface area contributed by atoms with E-state index < -0.39 is 0 Å². The predicted octanol–water partition coefficient (Wildman–Crippen LogP) is 3.15. The van der Waals surface area contributed by atoms with Crippen molar-refractivity contribution in [2.24, 2.45) is 16.7 Å². The lowest BCUT2D eigenvalue weighted by molar-refractivity contribution is -0.127. The number of ketones is 1. The maximum Gasteiger partial charge on any atom is 0.153 e. The Morgan fingerprint density at radius 3 is 2.46 bits per heavy atom. The van der Waals surface area contributed by atoms with Crippen LogP contribution in [0.15, 0.2) is 0 Å². The molecule has 0 heterocycles. The molecule has 2 saturated carbocycles. The number of fused-ring (bicyclic) bond motifs is 2. The van der Waals surface area contributed by atoms with Crippen LogP contribution >= 0.6 is 31.9 Å². The standard InChI is InChI=1S/C10H14Br2O/c1-9-4-3-6(7(12)8(9)13)10(9,2)5-11/h6-7H,3-5H2,1-2H3/t6-,7-,9+,10+/m0/s1. The smallest absolute Gasteiger partial charge is 0.153 e. The van der Waals surface area contributed by atoms with Crippen molar-refractivity contribution in [3.8, 4) is 0 Å². The van der Waals surface area contributed by atoms with Gasteiger partial charge in [0.25, 0.3) is 0 Å². The van der Waals surface area contributed by atoms with E-state index in [1.165, 1.54) is 6.42 Å². The molecule has 2 rings (SSSR count). The van der Waals surface area contributed by atoms with Gasteiger partial charge in [-0.05, 0) is 24.2 Å². The van der Waals surface area contributed by atoms with Gasteiger partial charge in [-0.2, -0.15) is 0 Å². The number of rotatable bonds is 1. The van der Waals surface area contributed by atoms with Crippen molar-refractivity contribution in [2.45, 2.75) is 31.5 Å². The minimum atomic E-state index is -0.0880. The van der Waals surface area contributed by atoms with Crippen LogP contribution in [0.1, 0.15) is 26.7 Å². The molecule has 13 heavy (non-hydrogen) atoms. The molecule has 3 heteroatoms. The molecule has 0 unspecified atom stereocenters. The first-order valence-corrected chi connectivity index (χ1v) is 6.75. The molecule has 0 aromatic carbocycles. The molecule has 2 aliphatic carbocycles. The number of halogens is 2. The Morgan fingerprint density at radius 1 is 1.54 bits per heavy atom. The van der Waals surface area contributed by atoms with Crippen molar-refractivity contribution in [3.05, 3.63) is 0 Å². The Bertz CT molecular complexity index is 266. The van der Waals surface area contributed by atoms with Crippen LogP contribution in [0, 0.1) is 16.7 Å². The highest BCUT2D eigenvalue weighted by atomic mass is 79.9. The zero-order chi connectivity index (χ0) is 9.85. The molecule has 0 spiro atoms. The zero-order valence-electron chi connectivity index (χ0n) is 7.94. The summed E-state index contributed by atoms with van der Waals surface area (Å²) in [7, 11) is 0. The van der Waals surface area contributed by atoms with Crippen LogP contribution in [-0.4, -0.2) is 15.9 Å². The first-order chi connectivity index (χ1) is 5.97. The van der Waals surface area contributed by atoms with E-state index in [0.29, 0.717) is 11.7 Å². The highest BCUT2D eigenvalue weighted by Gasteiger charge is 2.67. The van der Waals surface area contributed by atoms with Crippen molar-refractivity contribution in [1.29, 1.82) is 0 Å². The Hall–Kier alpha value is 0.630. The molecule has 0 aromatic heterocycles. The van der Waals surface area contributed by atoms with Gasteiger partial charge in [-0.15, -0.1) is 0 Å². The van der Waals surface area contributed by atoms with E-state index >= 15 is 0 Å². The molecule has 2 fully saturated rings. The topological polar surface area (TPSA) is 17.1 Å². The molecule has 2 aliphatic rings. The summed E-state index contributed by atoms with van der Waals surface area (Å²) in [6, 6.07) is 0. The van der Waals surface area contributed by atoms with E-state index in [2.05, 4.69) is 45.7 Å². The molecule has 0 aliphatic heterocycles. The van der Waals surface area contributed by atoms with E-state index in [0.717, 1.165) is 11.8 Å². The Balaban J connectivity index is 2.49. The van der Waals surface area contributed by atoms with Crippen LogP contribution < -0.4 is 0 Å². The SMILES string of the molecule is C[C@@]12CC[C@@H]([C@H](Br)C1=O)[C@@]2(C)CBr. The van der Waals surface area contributed by atoms with Crippen molar-refractivity contribution < 1.29 is 4.79 Å². The molecule has 0 radical (unpaired) electrons. The van der Waals surface area contributed by atoms with Crippen LogP contribution in [0.5, 0.6) is 0 Å². The molecule has 0 aromatic rings. The largest absolute Gasteiger partial charge is 0.298 e. The Labute approximate surface area is 95.9 Å². The Morgan fingerprint density at radius 2 is 2.15 bits per heavy atom. The third kappa shape index (κ3) is 0.956. The van der Waals surface area contributed by atoms with Gasteiger partial charge in [0.1, 0.15) is 0 Å². The van der Waals surface area contributed by atoms with Gasteiger partial charge in [0.2, 0.25) is 0 Å². The number of carbonyl (C=O) groups is 1. The summed E-state index contributed by atoms with van der Waals surface area (Å²) >= 11 is 7.11. The highest BCUT2D eigenvalue weighted by Crippen LogP contribution is 2.65. The fourth-order valence-corrected chi connectivity index (χ4v) is 5.45. The lowest BCUT2D eigenvalue weighted by atomic mass is 9.70. The number of carbonyl (C=O) groups excluding carboxylic acids is 1. The summed E-state index contributed by atoms with van der Waals surface area (Å²) in [5, 5.41) is 0.939. The minimum Gasteiger partial charge on any atom is -0.298 e. The molecular weight excluding hydrogens is 296 g/mol. The fraction of sp³-hybridized carbons (Fsp3) is 0.900. The molecule has 0 N–H and O–H groups in total. The highest BCUT2D eigenvalue weighted by molar-refractivity contribution is 9.10. The van der Waals surface area contributed by atoms with Gasteiger partial charge in [-0.3, -0.25) is 4.79 Å². The minimum absolute atomic E-state index is 0.0880. The van der Waals surface area contributed by atoms with E-state index in [1.54, 1.807) is 0 Å². The van der Waals surface area contributed by atoms with Gasteiger partial charge in [-0.25, -0.2) is 0 Å². The molecule has 1 nitrogen and oxygen atoms in total. The number of alkyl halides is 2. The van der Waals surface area contributed by atoms with E-state index in [9.17, 15) is 4.79 Å². The number of Topliss-reactive ketones (excluding diaryl/α,β-unsaturated/α-hetero) is 1. The second-order valence-corrected chi connectivity index (χ2v) is 6.34. The summed E-state index contributed by atoms with van der Waals surface area (Å²) < 4.78 is 0. The average Bonchev–Trinajstić information content (AvgIpc) is 2.44. The number of hydrogen-bond acceptors (Lipinski definition) is 1. The second kappa shape index (κ2) is 2.82. The summed E-state index contributed by atoms with van der Waals surface area (Å²) in [6.07, 6.45) is 2.26. The first kappa shape index (κ1) is 10.2. The molecular formula is C10H14Br2O. The normalized spacial score (nSPS) is 54.6. The van der Waals surface area contributed by atoms with Crippen LogP contribution in [0.2, 0.25) is 0 Å². The van der Waals surface area contributed by atoms with Crippen LogP contribution in [0.3, 0.4) is 0 Å². The van der Waals surface area contributed by atoms with Gasteiger partial charge in [0.15, 0.2) is 5.78 Å². The van der Waals surface area contributed by atoms with Crippen molar-refractivity contribution in [1.82, 2.24) is 0 Å². The maximum absolute atomic E-state index is 12.0. The third-order valence-electron chi connectivity index (χ3n) is 4.46. The zero-order valence-corrected chi connectivity index (χ0v) is 11.1. The second-order valence-electron chi connectivity index (χ2n) is 4.79. The quantitative estimate of drug-likeness (QED) is 0.680. The fourth-order valence-electron chi connectivity index (χ4n) is 3.07. The molecule has 0 amide bonds. The predicted molar refractivity (Wildman–Crippen MR) is 60.5 cm³/mol. The van der Waals surface area contributed by atoms with Gasteiger partial charge in [0, 0.05) is 10.7 Å². The monoisotopic (exact) mass is 308 g/mol. The van der Waals surface area contributed by atoms with Crippen LogP contribution in [0.4, 0.5) is 0 Å². The van der Waals surface area contributed by atoms with Crippen molar-refractivity contribution in [2.75, 3.05) is 5.33 Å². The summed E-state index contributed by atoms with van der Waals surface area (Å²) in [5.41, 5.74) is 0.0770. The third-order valence-corrected chi connectivity index (χ3v) is 6.68. The van der Waals surface area contributed by atoms with Gasteiger partial charge in [0.05, 0.1) is 4.83 Å². The lowest BCUT2D eigenvalue weighted by Crippen LogP contribution is -2.36. The van der Waals surface area contributed by atoms with E-state index in [-0.39, 0.29) is 15.7 Å². The maximum atomic E-state index is 12.0. The van der Waals surface area contributed by atoms with Gasteiger partial charge >= 0.3 is 0 Å². The average molecular weight is 310 g/mol. The van der Waals surface area contributed by atoms with Crippen molar-refractivity contribution in [3.63, 3.8) is 0 Å². The summed E-state index contributed by atoms with van der Waals surface area (Å²) in [4.78, 5) is 12.1. The molecule has 0 saturated heterocycles. The summed E-state index contributed by atoms with van der Waals surface area (Å²) in [5.74, 6) is 0.954. The number of hydrogen-bond donors (Lipinski definition) is 0. The molecule has 4 atom stereocenters. The first-order valence-electron chi connectivity index (χ1n) is 4.72. The van der Waals surface area contributed by atoms with E-state index in [4.69, 9.17) is 0 Å². The molecule has 74 valence electrons. The lowest BCUT2D eigenvalue weighted by Gasteiger charge is -2.34.